The Hall–Kier alpha value is -2.19. The molecule has 2 saturated heterocycles. The largest absolute Gasteiger partial charge is 0.462 e. The van der Waals surface area contributed by atoms with Gasteiger partial charge < -0.3 is 24.4 Å². The number of aliphatic hydroxyl groups is 2. The molecule has 2 heterocycles. The zero-order valence-electron chi connectivity index (χ0n) is 24.1. The molecule has 2 N–H and O–H groups in total. The van der Waals surface area contributed by atoms with Gasteiger partial charge in [-0.2, -0.15) is 0 Å². The van der Waals surface area contributed by atoms with Gasteiger partial charge >= 0.3 is 17.9 Å². The molecule has 1 spiro atoms. The number of fused-ring (bicyclic) bond motifs is 6. The summed E-state index contributed by atoms with van der Waals surface area (Å²) in [6, 6.07) is 0. The first-order chi connectivity index (χ1) is 18.6. The van der Waals surface area contributed by atoms with Crippen LogP contribution in [0.2, 0.25) is 0 Å². The van der Waals surface area contributed by atoms with Crippen molar-refractivity contribution in [1.29, 1.82) is 0 Å². The first-order valence-electron chi connectivity index (χ1n) is 15.0. The molecule has 4 saturated carbocycles. The summed E-state index contributed by atoms with van der Waals surface area (Å²) in [5.74, 6) is -2.27. The summed E-state index contributed by atoms with van der Waals surface area (Å²) in [6.45, 7) is 13.3. The molecular weight excluding hydrogens is 512 g/mol. The van der Waals surface area contributed by atoms with Gasteiger partial charge in [0.25, 0.3) is 0 Å². The molecule has 7 rings (SSSR count). The van der Waals surface area contributed by atoms with Crippen molar-refractivity contribution < 1.29 is 38.8 Å². The maximum atomic E-state index is 14.6. The van der Waals surface area contributed by atoms with Gasteiger partial charge in [0, 0.05) is 47.5 Å². The first-order valence-corrected chi connectivity index (χ1v) is 15.0. The molecular formula is C32H42O8. The second-order valence-corrected chi connectivity index (χ2v) is 14.9. The molecule has 40 heavy (non-hydrogen) atoms. The minimum absolute atomic E-state index is 0.0739. The predicted octanol–water partition coefficient (Wildman–Crippen LogP) is 3.49. The third kappa shape index (κ3) is 2.88. The van der Waals surface area contributed by atoms with Crippen molar-refractivity contribution in [2.75, 3.05) is 0 Å². The molecule has 0 aromatic rings. The lowest BCUT2D eigenvalue weighted by Crippen LogP contribution is -2.53. The van der Waals surface area contributed by atoms with Crippen molar-refractivity contribution in [2.45, 2.75) is 103 Å². The molecule has 0 aromatic carbocycles. The maximum Gasteiger partial charge on any atom is 0.334 e. The van der Waals surface area contributed by atoms with Crippen molar-refractivity contribution in [3.63, 3.8) is 0 Å². The van der Waals surface area contributed by atoms with Crippen LogP contribution in [-0.2, 0) is 28.6 Å². The van der Waals surface area contributed by atoms with Crippen LogP contribution in [-0.4, -0.2) is 57.6 Å². The second-order valence-electron chi connectivity index (χ2n) is 14.9. The van der Waals surface area contributed by atoms with Crippen LogP contribution in [0.3, 0.4) is 0 Å². The van der Waals surface area contributed by atoms with E-state index in [-0.39, 0.29) is 42.0 Å². The van der Waals surface area contributed by atoms with Crippen molar-refractivity contribution in [2.24, 2.45) is 51.8 Å². The van der Waals surface area contributed by atoms with Crippen molar-refractivity contribution >= 4 is 17.9 Å². The molecule has 14 atom stereocenters. The number of carbonyl (C=O) groups excluding carboxylic acids is 3. The highest BCUT2D eigenvalue weighted by Gasteiger charge is 2.84. The average molecular weight is 555 g/mol. The van der Waals surface area contributed by atoms with Crippen LogP contribution < -0.4 is 0 Å². The number of esters is 3. The summed E-state index contributed by atoms with van der Waals surface area (Å²) in [7, 11) is 0. The fourth-order valence-corrected chi connectivity index (χ4v) is 11.4. The molecule has 5 aliphatic carbocycles. The Morgan fingerprint density at radius 3 is 2.50 bits per heavy atom. The quantitative estimate of drug-likeness (QED) is 0.219. The van der Waals surface area contributed by atoms with Gasteiger partial charge in [0.05, 0.1) is 22.5 Å². The summed E-state index contributed by atoms with van der Waals surface area (Å²) < 4.78 is 18.6. The maximum absolute atomic E-state index is 14.6. The van der Waals surface area contributed by atoms with Crippen molar-refractivity contribution in [1.82, 2.24) is 0 Å². The number of ether oxygens (including phenoxy) is 3. The highest BCUT2D eigenvalue weighted by atomic mass is 16.6. The number of carbonyl (C=O) groups is 3. The second kappa shape index (κ2) is 7.80. The molecule has 0 radical (unpaired) electrons. The number of hydrogen-bond donors (Lipinski definition) is 2. The Kier molecular flexibility index (Phi) is 5.20. The van der Waals surface area contributed by atoms with Gasteiger partial charge in [-0.25, -0.2) is 4.79 Å². The van der Waals surface area contributed by atoms with Gasteiger partial charge in [-0.3, -0.25) is 9.59 Å². The molecule has 7 aliphatic rings. The van der Waals surface area contributed by atoms with Crippen molar-refractivity contribution in [3.05, 3.63) is 24.3 Å². The van der Waals surface area contributed by atoms with Crippen LogP contribution in [0.25, 0.3) is 0 Å². The SMILES string of the molecule is C=C1C(=O)OC2C1CCC(C)(O)C13C=CC(C)(C21)C1(C3)C(=O)OC2C3C(C)CCC3C(C)(O)CC(OC(C)=O)C21. The topological polar surface area (TPSA) is 119 Å². The Morgan fingerprint density at radius 1 is 1.07 bits per heavy atom. The summed E-state index contributed by atoms with van der Waals surface area (Å²) in [5, 5.41) is 24.0. The van der Waals surface area contributed by atoms with Crippen LogP contribution in [0.4, 0.5) is 0 Å². The molecule has 8 heteroatoms. The lowest BCUT2D eigenvalue weighted by Gasteiger charge is -2.46. The lowest BCUT2D eigenvalue weighted by atomic mass is 9.54. The van der Waals surface area contributed by atoms with Crippen LogP contribution in [0.15, 0.2) is 24.3 Å². The Labute approximate surface area is 235 Å². The Balaban J connectivity index is 1.44. The van der Waals surface area contributed by atoms with E-state index >= 15 is 0 Å². The molecule has 0 amide bonds. The van der Waals surface area contributed by atoms with E-state index < -0.39 is 63.6 Å². The fraction of sp³-hybridized carbons (Fsp3) is 0.781. The summed E-state index contributed by atoms with van der Waals surface area (Å²) in [6.07, 6.45) is 5.61. The summed E-state index contributed by atoms with van der Waals surface area (Å²) in [5.41, 5.74) is -4.68. The van der Waals surface area contributed by atoms with Crippen LogP contribution in [0.1, 0.15) is 73.1 Å². The predicted molar refractivity (Wildman–Crippen MR) is 142 cm³/mol. The van der Waals surface area contributed by atoms with E-state index in [1.54, 1.807) is 0 Å². The van der Waals surface area contributed by atoms with E-state index in [0.29, 0.717) is 24.8 Å². The van der Waals surface area contributed by atoms with E-state index in [2.05, 4.69) is 25.7 Å². The molecule has 8 nitrogen and oxygen atoms in total. The molecule has 2 bridgehead atoms. The smallest absolute Gasteiger partial charge is 0.334 e. The van der Waals surface area contributed by atoms with Gasteiger partial charge in [-0.1, -0.05) is 32.6 Å². The van der Waals surface area contributed by atoms with Gasteiger partial charge in [0.1, 0.15) is 18.3 Å². The lowest BCUT2D eigenvalue weighted by molar-refractivity contribution is -0.165. The number of allylic oxidation sites excluding steroid dienone is 1. The molecule has 0 aromatic heterocycles. The first kappa shape index (κ1) is 26.7. The van der Waals surface area contributed by atoms with Gasteiger partial charge in [-0.05, 0) is 57.8 Å². The zero-order valence-corrected chi connectivity index (χ0v) is 24.1. The summed E-state index contributed by atoms with van der Waals surface area (Å²) >= 11 is 0. The monoisotopic (exact) mass is 554 g/mol. The minimum Gasteiger partial charge on any atom is -0.462 e. The normalized spacial score (nSPS) is 57.6. The van der Waals surface area contributed by atoms with E-state index in [9.17, 15) is 24.6 Å². The van der Waals surface area contributed by atoms with Crippen LogP contribution >= 0.6 is 0 Å². The van der Waals surface area contributed by atoms with Gasteiger partial charge in [-0.15, -0.1) is 0 Å². The molecule has 6 fully saturated rings. The van der Waals surface area contributed by atoms with E-state index in [1.807, 2.05) is 20.8 Å². The van der Waals surface area contributed by atoms with Crippen LogP contribution in [0, 0.1) is 51.8 Å². The van der Waals surface area contributed by atoms with Crippen molar-refractivity contribution in [3.8, 4) is 0 Å². The third-order valence-electron chi connectivity index (χ3n) is 13.2. The van der Waals surface area contributed by atoms with E-state index in [1.165, 1.54) is 6.92 Å². The van der Waals surface area contributed by atoms with E-state index in [0.717, 1.165) is 12.8 Å². The molecule has 14 unspecified atom stereocenters. The minimum atomic E-state index is -1.18. The Bertz CT molecular complexity index is 1250. The third-order valence-corrected chi connectivity index (χ3v) is 13.2. The van der Waals surface area contributed by atoms with E-state index in [4.69, 9.17) is 14.2 Å². The molecule has 218 valence electrons. The Morgan fingerprint density at radius 2 is 1.80 bits per heavy atom. The highest BCUT2D eigenvalue weighted by Crippen LogP contribution is 2.80. The number of hydrogen-bond acceptors (Lipinski definition) is 8. The standard InChI is InChI=1S/C32H42O8/c1-15-7-8-19-21(15)24-22(20(38-17(3)33)13-29(19,5)36)32(27(35)40-24)14-31-12-11-28(32,4)25(31)23-18(9-10-30(31,6)37)16(2)26(34)39-23/h11-12,15,18-25,36-37H,2,7-10,13-14H2,1,3-6H3. The van der Waals surface area contributed by atoms with Gasteiger partial charge in [0.15, 0.2) is 0 Å². The molecule has 2 aliphatic heterocycles. The zero-order chi connectivity index (χ0) is 28.8. The average Bonchev–Trinajstić information content (AvgIpc) is 3.56. The van der Waals surface area contributed by atoms with Gasteiger partial charge in [0.2, 0.25) is 0 Å². The summed E-state index contributed by atoms with van der Waals surface area (Å²) in [4.78, 5) is 39.9. The fourth-order valence-electron chi connectivity index (χ4n) is 11.4. The highest BCUT2D eigenvalue weighted by molar-refractivity contribution is 5.91. The number of rotatable bonds is 1. The van der Waals surface area contributed by atoms with Crippen LogP contribution in [0.5, 0.6) is 0 Å².